The van der Waals surface area contributed by atoms with E-state index in [0.29, 0.717) is 37.7 Å². The van der Waals surface area contributed by atoms with E-state index >= 15 is 0 Å². The SMILES string of the molecule is Cc1cccc(OCCNC(=O)CCc2nc(-c3cccs3)no2)c1. The van der Waals surface area contributed by atoms with Gasteiger partial charge in [0.15, 0.2) is 0 Å². The average molecular weight is 357 g/mol. The van der Waals surface area contributed by atoms with Crippen LogP contribution in [0.25, 0.3) is 10.7 Å². The molecule has 3 rings (SSSR count). The summed E-state index contributed by atoms with van der Waals surface area (Å²) in [6.45, 7) is 2.89. The van der Waals surface area contributed by atoms with E-state index in [4.69, 9.17) is 9.26 Å². The zero-order valence-electron chi connectivity index (χ0n) is 13.9. The minimum absolute atomic E-state index is 0.0660. The van der Waals surface area contributed by atoms with Crippen LogP contribution < -0.4 is 10.1 Å². The number of hydrogen-bond donors (Lipinski definition) is 1. The molecule has 0 radical (unpaired) electrons. The maximum absolute atomic E-state index is 11.9. The number of thiophene rings is 1. The minimum atomic E-state index is -0.0660. The Morgan fingerprint density at radius 2 is 2.24 bits per heavy atom. The predicted molar refractivity (Wildman–Crippen MR) is 95.6 cm³/mol. The summed E-state index contributed by atoms with van der Waals surface area (Å²) in [7, 11) is 0. The molecule has 130 valence electrons. The number of nitrogens with zero attached hydrogens (tertiary/aromatic N) is 2. The lowest BCUT2D eigenvalue weighted by Gasteiger charge is -2.07. The second-order valence-corrected chi connectivity index (χ2v) is 6.45. The molecule has 25 heavy (non-hydrogen) atoms. The highest BCUT2D eigenvalue weighted by Gasteiger charge is 2.11. The van der Waals surface area contributed by atoms with E-state index in [-0.39, 0.29) is 5.91 Å². The van der Waals surface area contributed by atoms with Crippen molar-refractivity contribution in [2.24, 2.45) is 0 Å². The predicted octanol–water partition coefficient (Wildman–Crippen LogP) is 3.23. The molecule has 1 aromatic carbocycles. The Balaban J connectivity index is 1.35. The molecule has 0 fully saturated rings. The minimum Gasteiger partial charge on any atom is -0.492 e. The highest BCUT2D eigenvalue weighted by atomic mass is 32.1. The van der Waals surface area contributed by atoms with Crippen LogP contribution in [0.5, 0.6) is 5.75 Å². The molecule has 3 aromatic rings. The molecule has 0 spiro atoms. The lowest BCUT2D eigenvalue weighted by atomic mass is 10.2. The van der Waals surface area contributed by atoms with Gasteiger partial charge >= 0.3 is 0 Å². The first-order valence-corrected chi connectivity index (χ1v) is 8.91. The summed E-state index contributed by atoms with van der Waals surface area (Å²) in [6, 6.07) is 11.7. The van der Waals surface area contributed by atoms with E-state index in [1.54, 1.807) is 11.3 Å². The molecule has 1 amide bonds. The molecule has 1 N–H and O–H groups in total. The van der Waals surface area contributed by atoms with Crippen LogP contribution in [0.2, 0.25) is 0 Å². The molecule has 0 atom stereocenters. The van der Waals surface area contributed by atoms with Gasteiger partial charge in [0.05, 0.1) is 11.4 Å². The van der Waals surface area contributed by atoms with Crippen molar-refractivity contribution in [2.75, 3.05) is 13.2 Å². The van der Waals surface area contributed by atoms with Gasteiger partial charge in [0.2, 0.25) is 17.6 Å². The molecule has 7 heteroatoms. The molecule has 0 aliphatic rings. The van der Waals surface area contributed by atoms with Gasteiger partial charge in [-0.05, 0) is 36.1 Å². The van der Waals surface area contributed by atoms with Crippen LogP contribution in [-0.2, 0) is 11.2 Å². The Morgan fingerprint density at radius 1 is 1.32 bits per heavy atom. The van der Waals surface area contributed by atoms with E-state index in [1.807, 2.05) is 48.7 Å². The Hall–Kier alpha value is -2.67. The Bertz CT molecular complexity index is 815. The van der Waals surface area contributed by atoms with Crippen LogP contribution in [-0.4, -0.2) is 29.2 Å². The largest absolute Gasteiger partial charge is 0.492 e. The fourth-order valence-electron chi connectivity index (χ4n) is 2.24. The van der Waals surface area contributed by atoms with Crippen LogP contribution in [0, 0.1) is 6.92 Å². The van der Waals surface area contributed by atoms with Crippen LogP contribution in [0.4, 0.5) is 0 Å². The third kappa shape index (κ3) is 5.15. The van der Waals surface area contributed by atoms with Crippen molar-refractivity contribution in [2.45, 2.75) is 19.8 Å². The van der Waals surface area contributed by atoms with Crippen LogP contribution in [0.1, 0.15) is 17.9 Å². The fourth-order valence-corrected chi connectivity index (χ4v) is 2.88. The quantitative estimate of drug-likeness (QED) is 0.626. The highest BCUT2D eigenvalue weighted by molar-refractivity contribution is 7.13. The van der Waals surface area contributed by atoms with Gasteiger partial charge < -0.3 is 14.6 Å². The lowest BCUT2D eigenvalue weighted by Crippen LogP contribution is -2.28. The number of carbonyl (C=O) groups is 1. The summed E-state index contributed by atoms with van der Waals surface area (Å²) in [6.07, 6.45) is 0.722. The van der Waals surface area contributed by atoms with E-state index in [9.17, 15) is 4.79 Å². The van der Waals surface area contributed by atoms with E-state index in [0.717, 1.165) is 16.2 Å². The maximum atomic E-state index is 11.9. The van der Waals surface area contributed by atoms with Gasteiger partial charge in [-0.2, -0.15) is 4.98 Å². The second-order valence-electron chi connectivity index (χ2n) is 5.50. The summed E-state index contributed by atoms with van der Waals surface area (Å²) >= 11 is 1.55. The molecule has 0 bridgehead atoms. The summed E-state index contributed by atoms with van der Waals surface area (Å²) in [5, 5.41) is 8.70. The number of rotatable bonds is 8. The van der Waals surface area contributed by atoms with Gasteiger partial charge in [-0.1, -0.05) is 23.4 Å². The van der Waals surface area contributed by atoms with Gasteiger partial charge in [0, 0.05) is 12.8 Å². The van der Waals surface area contributed by atoms with Gasteiger partial charge in [-0.15, -0.1) is 11.3 Å². The first-order chi connectivity index (χ1) is 12.2. The first-order valence-electron chi connectivity index (χ1n) is 8.03. The zero-order chi connectivity index (χ0) is 17.5. The van der Waals surface area contributed by atoms with E-state index in [1.165, 1.54) is 0 Å². The molecule has 6 nitrogen and oxygen atoms in total. The fraction of sp³-hybridized carbons (Fsp3) is 0.278. The molecule has 0 saturated heterocycles. The van der Waals surface area contributed by atoms with Crippen molar-refractivity contribution < 1.29 is 14.1 Å². The number of amides is 1. The number of hydrogen-bond acceptors (Lipinski definition) is 6. The average Bonchev–Trinajstić information content (AvgIpc) is 3.28. The monoisotopic (exact) mass is 357 g/mol. The standard InChI is InChI=1S/C18H19N3O3S/c1-13-4-2-5-14(12-13)23-10-9-19-16(22)7-8-17-20-18(21-24-17)15-6-3-11-25-15/h2-6,11-12H,7-10H2,1H3,(H,19,22). The number of aryl methyl sites for hydroxylation is 2. The van der Waals surface area contributed by atoms with Gasteiger partial charge in [-0.3, -0.25) is 4.79 Å². The Labute approximate surface area is 149 Å². The number of carbonyl (C=O) groups excluding carboxylic acids is 1. The molecule has 0 aliphatic carbocycles. The van der Waals surface area contributed by atoms with Crippen LogP contribution in [0.3, 0.4) is 0 Å². The van der Waals surface area contributed by atoms with Crippen molar-refractivity contribution >= 4 is 17.2 Å². The Morgan fingerprint density at radius 3 is 3.04 bits per heavy atom. The van der Waals surface area contributed by atoms with Crippen molar-refractivity contribution in [3.63, 3.8) is 0 Å². The molecule has 0 aliphatic heterocycles. The van der Waals surface area contributed by atoms with Crippen LogP contribution >= 0.6 is 11.3 Å². The van der Waals surface area contributed by atoms with Crippen LogP contribution in [0.15, 0.2) is 46.3 Å². The lowest BCUT2D eigenvalue weighted by molar-refractivity contribution is -0.121. The summed E-state index contributed by atoms with van der Waals surface area (Å²) < 4.78 is 10.8. The third-order valence-corrected chi connectivity index (χ3v) is 4.32. The molecule has 2 heterocycles. The van der Waals surface area contributed by atoms with Gasteiger partial charge in [0.1, 0.15) is 12.4 Å². The summed E-state index contributed by atoms with van der Waals surface area (Å²) in [5.74, 6) is 1.77. The van der Waals surface area contributed by atoms with Gasteiger partial charge in [-0.25, -0.2) is 0 Å². The van der Waals surface area contributed by atoms with Gasteiger partial charge in [0.25, 0.3) is 0 Å². The van der Waals surface area contributed by atoms with Crippen molar-refractivity contribution in [3.05, 3.63) is 53.2 Å². The molecule has 0 unspecified atom stereocenters. The molecular formula is C18H19N3O3S. The highest BCUT2D eigenvalue weighted by Crippen LogP contribution is 2.21. The molecule has 0 saturated carbocycles. The molecule has 2 aromatic heterocycles. The normalized spacial score (nSPS) is 10.6. The first kappa shape index (κ1) is 17.2. The maximum Gasteiger partial charge on any atom is 0.227 e. The smallest absolute Gasteiger partial charge is 0.227 e. The van der Waals surface area contributed by atoms with E-state index < -0.39 is 0 Å². The topological polar surface area (TPSA) is 77.2 Å². The Kier molecular flexibility index (Phi) is 5.79. The third-order valence-electron chi connectivity index (χ3n) is 3.46. The number of benzene rings is 1. The number of nitrogens with one attached hydrogen (secondary N) is 1. The number of ether oxygens (including phenoxy) is 1. The van der Waals surface area contributed by atoms with Crippen molar-refractivity contribution in [1.29, 1.82) is 0 Å². The van der Waals surface area contributed by atoms with E-state index in [2.05, 4.69) is 15.5 Å². The number of aromatic nitrogens is 2. The summed E-state index contributed by atoms with van der Waals surface area (Å²) in [4.78, 5) is 17.1. The van der Waals surface area contributed by atoms with Crippen molar-refractivity contribution in [3.8, 4) is 16.5 Å². The van der Waals surface area contributed by atoms with Crippen molar-refractivity contribution in [1.82, 2.24) is 15.5 Å². The molecular weight excluding hydrogens is 338 g/mol. The summed E-state index contributed by atoms with van der Waals surface area (Å²) in [5.41, 5.74) is 1.14. The second kappa shape index (κ2) is 8.43. The zero-order valence-corrected chi connectivity index (χ0v) is 14.7.